The van der Waals surface area contributed by atoms with Gasteiger partial charge < -0.3 is 4.74 Å². The Bertz CT molecular complexity index is 529. The third-order valence-electron chi connectivity index (χ3n) is 6.49. The van der Waals surface area contributed by atoms with Crippen LogP contribution in [0.4, 0.5) is 0 Å². The number of rotatable bonds is 2. The van der Waals surface area contributed by atoms with Crippen molar-refractivity contribution in [1.29, 1.82) is 0 Å². The van der Waals surface area contributed by atoms with E-state index < -0.39 is 6.10 Å². The standard InChI is InChI=1S/C18H27NO4/c1-11(2)10-14-18-8-5-4-6-13(18)15-12(7-9-18)16(17(20)21-3)23-19(15)22-14/h10,12-16H,4-9H2,1-3H3/t12-,13+,14+,15-,16-,18+/m1/s1. The second kappa shape index (κ2) is 5.57. The molecule has 2 heterocycles. The summed E-state index contributed by atoms with van der Waals surface area (Å²) < 4.78 is 4.96. The number of hydroxylamine groups is 2. The van der Waals surface area contributed by atoms with E-state index in [-0.39, 0.29) is 29.4 Å². The molecule has 2 aliphatic carbocycles. The Hall–Kier alpha value is -0.910. The summed E-state index contributed by atoms with van der Waals surface area (Å²) in [4.78, 5) is 24.3. The molecule has 4 rings (SSSR count). The van der Waals surface area contributed by atoms with Gasteiger partial charge in [0.15, 0.2) is 6.10 Å². The molecule has 0 aromatic carbocycles. The lowest BCUT2D eigenvalue weighted by atomic mass is 9.52. The average molecular weight is 321 g/mol. The van der Waals surface area contributed by atoms with Gasteiger partial charge in [-0.1, -0.05) is 29.7 Å². The maximum atomic E-state index is 12.1. The summed E-state index contributed by atoms with van der Waals surface area (Å²) in [7, 11) is 1.43. The molecule has 0 aromatic heterocycles. The summed E-state index contributed by atoms with van der Waals surface area (Å²) in [5, 5.41) is 1.67. The van der Waals surface area contributed by atoms with E-state index in [9.17, 15) is 4.79 Å². The molecule has 2 saturated heterocycles. The van der Waals surface area contributed by atoms with Crippen LogP contribution in [0.2, 0.25) is 0 Å². The minimum Gasteiger partial charge on any atom is -0.467 e. The lowest BCUT2D eigenvalue weighted by Crippen LogP contribution is -2.62. The predicted molar refractivity (Wildman–Crippen MR) is 83.9 cm³/mol. The van der Waals surface area contributed by atoms with Crippen LogP contribution in [0, 0.1) is 17.3 Å². The summed E-state index contributed by atoms with van der Waals surface area (Å²) in [5.74, 6) is 0.486. The van der Waals surface area contributed by atoms with Gasteiger partial charge in [0.2, 0.25) is 0 Å². The van der Waals surface area contributed by atoms with Gasteiger partial charge in [0.1, 0.15) is 6.10 Å². The minimum absolute atomic E-state index is 0.0615. The molecule has 5 heteroatoms. The van der Waals surface area contributed by atoms with Crippen molar-refractivity contribution in [3.05, 3.63) is 11.6 Å². The molecule has 0 N–H and O–H groups in total. The number of ether oxygens (including phenoxy) is 1. The van der Waals surface area contributed by atoms with Gasteiger partial charge in [-0.2, -0.15) is 0 Å². The number of esters is 1. The van der Waals surface area contributed by atoms with Gasteiger partial charge in [-0.05, 0) is 45.4 Å². The zero-order valence-electron chi connectivity index (χ0n) is 14.3. The minimum atomic E-state index is -0.504. The fourth-order valence-corrected chi connectivity index (χ4v) is 5.55. The Morgan fingerprint density at radius 1 is 1.22 bits per heavy atom. The quantitative estimate of drug-likeness (QED) is 0.578. The lowest BCUT2D eigenvalue weighted by molar-refractivity contribution is -0.428. The molecule has 2 saturated carbocycles. The zero-order chi connectivity index (χ0) is 16.2. The maximum Gasteiger partial charge on any atom is 0.337 e. The van der Waals surface area contributed by atoms with Gasteiger partial charge in [0.05, 0.1) is 13.2 Å². The van der Waals surface area contributed by atoms with Crippen LogP contribution >= 0.6 is 0 Å². The van der Waals surface area contributed by atoms with Crippen LogP contribution in [0.1, 0.15) is 52.4 Å². The van der Waals surface area contributed by atoms with Crippen molar-refractivity contribution in [2.75, 3.05) is 7.11 Å². The number of carbonyl (C=O) groups excluding carboxylic acids is 1. The van der Waals surface area contributed by atoms with Crippen molar-refractivity contribution in [3.63, 3.8) is 0 Å². The molecule has 0 radical (unpaired) electrons. The molecule has 0 unspecified atom stereocenters. The van der Waals surface area contributed by atoms with Crippen LogP contribution in [0.3, 0.4) is 0 Å². The second-order valence-corrected chi connectivity index (χ2v) is 7.88. The highest BCUT2D eigenvalue weighted by Gasteiger charge is 2.65. The normalized spacial score (nSPS) is 45.3. The fraction of sp³-hybridized carbons (Fsp3) is 0.833. The second-order valence-electron chi connectivity index (χ2n) is 7.88. The molecule has 6 atom stereocenters. The molecular formula is C18H27NO4. The first-order chi connectivity index (χ1) is 11.1. The van der Waals surface area contributed by atoms with E-state index >= 15 is 0 Å². The molecule has 2 bridgehead atoms. The highest BCUT2D eigenvalue weighted by atomic mass is 17.0. The summed E-state index contributed by atoms with van der Waals surface area (Å²) in [6.07, 6.45) is 8.95. The van der Waals surface area contributed by atoms with Crippen LogP contribution in [0.5, 0.6) is 0 Å². The Kier molecular flexibility index (Phi) is 3.78. The average Bonchev–Trinajstić information content (AvgIpc) is 2.94. The summed E-state index contributed by atoms with van der Waals surface area (Å²) >= 11 is 0. The third-order valence-corrected chi connectivity index (χ3v) is 6.49. The molecular weight excluding hydrogens is 294 g/mol. The van der Waals surface area contributed by atoms with E-state index in [0.29, 0.717) is 5.92 Å². The van der Waals surface area contributed by atoms with Crippen LogP contribution in [-0.2, 0) is 19.2 Å². The maximum absolute atomic E-state index is 12.1. The Morgan fingerprint density at radius 2 is 2.04 bits per heavy atom. The van der Waals surface area contributed by atoms with E-state index in [2.05, 4.69) is 19.9 Å². The van der Waals surface area contributed by atoms with Gasteiger partial charge >= 0.3 is 5.97 Å². The number of allylic oxidation sites excluding steroid dienone is 1. The highest BCUT2D eigenvalue weighted by molar-refractivity contribution is 5.75. The monoisotopic (exact) mass is 321 g/mol. The number of hydrogen-bond donors (Lipinski definition) is 0. The van der Waals surface area contributed by atoms with Crippen molar-refractivity contribution in [3.8, 4) is 0 Å². The molecule has 128 valence electrons. The topological polar surface area (TPSA) is 48.0 Å². The summed E-state index contributed by atoms with van der Waals surface area (Å²) in [6.45, 7) is 4.25. The Labute approximate surface area is 137 Å². The number of methoxy groups -OCH3 is 1. The van der Waals surface area contributed by atoms with Crippen molar-refractivity contribution in [2.24, 2.45) is 17.3 Å². The lowest BCUT2D eigenvalue weighted by Gasteiger charge is -2.59. The fourth-order valence-electron chi connectivity index (χ4n) is 5.55. The smallest absolute Gasteiger partial charge is 0.337 e. The largest absolute Gasteiger partial charge is 0.467 e. The number of nitrogens with zero attached hydrogens (tertiary/aromatic N) is 1. The first-order valence-electron chi connectivity index (χ1n) is 8.92. The van der Waals surface area contributed by atoms with E-state index in [1.54, 1.807) is 5.23 Å². The summed E-state index contributed by atoms with van der Waals surface area (Å²) in [5.41, 5.74) is 1.50. The molecule has 2 aliphatic heterocycles. The van der Waals surface area contributed by atoms with E-state index in [4.69, 9.17) is 14.4 Å². The van der Waals surface area contributed by atoms with Crippen molar-refractivity contribution in [1.82, 2.24) is 5.23 Å². The third kappa shape index (κ3) is 2.20. The van der Waals surface area contributed by atoms with Crippen LogP contribution < -0.4 is 0 Å². The molecule has 4 aliphatic rings. The van der Waals surface area contributed by atoms with Crippen LogP contribution in [0.15, 0.2) is 11.6 Å². The van der Waals surface area contributed by atoms with Crippen molar-refractivity contribution in [2.45, 2.75) is 70.6 Å². The Morgan fingerprint density at radius 3 is 2.78 bits per heavy atom. The van der Waals surface area contributed by atoms with Crippen LogP contribution in [-0.4, -0.2) is 36.6 Å². The van der Waals surface area contributed by atoms with Gasteiger partial charge in [-0.15, -0.1) is 0 Å². The number of hydrogen-bond acceptors (Lipinski definition) is 5. The van der Waals surface area contributed by atoms with Crippen molar-refractivity contribution >= 4 is 5.97 Å². The number of carbonyl (C=O) groups is 1. The van der Waals surface area contributed by atoms with Gasteiger partial charge in [0.25, 0.3) is 0 Å². The molecule has 4 fully saturated rings. The molecule has 0 spiro atoms. The SMILES string of the molecule is COC(=O)[C@@H]1ON2O[C@@H](C=C(C)C)[C@]34CCCC[C@H]3[C@H]2[C@H]1CC4. The van der Waals surface area contributed by atoms with E-state index in [1.807, 2.05) is 0 Å². The molecule has 5 nitrogen and oxygen atoms in total. The first-order valence-corrected chi connectivity index (χ1v) is 8.92. The van der Waals surface area contributed by atoms with Gasteiger partial charge in [-0.3, -0.25) is 9.68 Å². The Balaban J connectivity index is 1.72. The van der Waals surface area contributed by atoms with E-state index in [0.717, 1.165) is 12.8 Å². The van der Waals surface area contributed by atoms with E-state index in [1.165, 1.54) is 38.4 Å². The molecule has 23 heavy (non-hydrogen) atoms. The van der Waals surface area contributed by atoms with Crippen molar-refractivity contribution < 1.29 is 19.2 Å². The van der Waals surface area contributed by atoms with Gasteiger partial charge in [-0.25, -0.2) is 4.79 Å². The summed E-state index contributed by atoms with van der Waals surface area (Å²) in [6, 6.07) is 0.204. The highest BCUT2D eigenvalue weighted by Crippen LogP contribution is 2.61. The molecule has 0 aromatic rings. The zero-order valence-corrected chi connectivity index (χ0v) is 14.3. The van der Waals surface area contributed by atoms with Crippen LogP contribution in [0.25, 0.3) is 0 Å². The first kappa shape index (κ1) is 15.6. The van der Waals surface area contributed by atoms with Gasteiger partial charge in [0, 0.05) is 11.3 Å². The molecule has 0 amide bonds. The predicted octanol–water partition coefficient (Wildman–Crippen LogP) is 3.01.